The van der Waals surface area contributed by atoms with Crippen LogP contribution in [0, 0.1) is 0 Å². The SMILES string of the molecule is Brc1cnc(NCCn2ccnn2)s1. The first-order valence-corrected chi connectivity index (χ1v) is 5.65. The topological polar surface area (TPSA) is 55.6 Å². The van der Waals surface area contributed by atoms with Crippen LogP contribution in [-0.4, -0.2) is 26.5 Å². The molecule has 14 heavy (non-hydrogen) atoms. The number of aromatic nitrogens is 4. The van der Waals surface area contributed by atoms with E-state index in [9.17, 15) is 0 Å². The molecule has 5 nitrogen and oxygen atoms in total. The first-order valence-electron chi connectivity index (χ1n) is 4.04. The smallest absolute Gasteiger partial charge is 0.183 e. The predicted molar refractivity (Wildman–Crippen MR) is 58.3 cm³/mol. The van der Waals surface area contributed by atoms with Gasteiger partial charge in [0.1, 0.15) is 0 Å². The van der Waals surface area contributed by atoms with Gasteiger partial charge in [-0.15, -0.1) is 5.10 Å². The number of hydrogen-bond donors (Lipinski definition) is 1. The fourth-order valence-corrected chi connectivity index (χ4v) is 2.10. The van der Waals surface area contributed by atoms with Crippen molar-refractivity contribution in [3.05, 3.63) is 22.4 Å². The van der Waals surface area contributed by atoms with Crippen LogP contribution < -0.4 is 5.32 Å². The molecule has 0 saturated carbocycles. The minimum Gasteiger partial charge on any atom is -0.360 e. The third kappa shape index (κ3) is 2.52. The third-order valence-corrected chi connectivity index (χ3v) is 3.00. The fraction of sp³-hybridized carbons (Fsp3) is 0.286. The zero-order valence-electron chi connectivity index (χ0n) is 7.22. The highest BCUT2D eigenvalue weighted by atomic mass is 79.9. The molecule has 7 heteroatoms. The van der Waals surface area contributed by atoms with E-state index in [1.165, 1.54) is 0 Å². The van der Waals surface area contributed by atoms with Crippen molar-refractivity contribution in [3.8, 4) is 0 Å². The first-order chi connectivity index (χ1) is 6.84. The average molecular weight is 274 g/mol. The monoisotopic (exact) mass is 273 g/mol. The second-order valence-electron chi connectivity index (χ2n) is 2.56. The summed E-state index contributed by atoms with van der Waals surface area (Å²) in [6, 6.07) is 0. The van der Waals surface area contributed by atoms with Crippen molar-refractivity contribution in [2.45, 2.75) is 6.54 Å². The second kappa shape index (κ2) is 4.52. The van der Waals surface area contributed by atoms with Crippen molar-refractivity contribution in [2.75, 3.05) is 11.9 Å². The lowest BCUT2D eigenvalue weighted by Gasteiger charge is -2.01. The molecule has 0 radical (unpaired) electrons. The standard InChI is InChI=1S/C7H8BrN5S/c8-6-5-10-7(14-6)9-1-3-13-4-2-11-12-13/h2,4-5H,1,3H2,(H,9,10). The van der Waals surface area contributed by atoms with Gasteiger partial charge in [-0.05, 0) is 15.9 Å². The number of halogens is 1. The summed E-state index contributed by atoms with van der Waals surface area (Å²) in [6.45, 7) is 1.58. The molecule has 0 aromatic carbocycles. The number of hydrogen-bond acceptors (Lipinski definition) is 5. The zero-order valence-corrected chi connectivity index (χ0v) is 9.62. The Bertz CT molecular complexity index is 384. The van der Waals surface area contributed by atoms with Crippen LogP contribution in [0.2, 0.25) is 0 Å². The largest absolute Gasteiger partial charge is 0.360 e. The highest BCUT2D eigenvalue weighted by Crippen LogP contribution is 2.22. The molecular weight excluding hydrogens is 266 g/mol. The summed E-state index contributed by atoms with van der Waals surface area (Å²) in [5, 5.41) is 11.7. The van der Waals surface area contributed by atoms with Crippen LogP contribution in [0.5, 0.6) is 0 Å². The highest BCUT2D eigenvalue weighted by molar-refractivity contribution is 9.11. The molecule has 0 atom stereocenters. The van der Waals surface area contributed by atoms with Gasteiger partial charge in [0.25, 0.3) is 0 Å². The molecule has 0 unspecified atom stereocenters. The van der Waals surface area contributed by atoms with Crippen molar-refractivity contribution in [3.63, 3.8) is 0 Å². The van der Waals surface area contributed by atoms with Gasteiger partial charge in [0.2, 0.25) is 0 Å². The number of anilines is 1. The van der Waals surface area contributed by atoms with E-state index in [2.05, 4.69) is 36.5 Å². The Labute approximate surface area is 93.3 Å². The second-order valence-corrected chi connectivity index (χ2v) is 4.97. The summed E-state index contributed by atoms with van der Waals surface area (Å²) in [7, 11) is 0. The maximum Gasteiger partial charge on any atom is 0.183 e. The summed E-state index contributed by atoms with van der Waals surface area (Å²) >= 11 is 4.93. The van der Waals surface area contributed by atoms with Crippen molar-refractivity contribution in [1.82, 2.24) is 20.0 Å². The van der Waals surface area contributed by atoms with Crippen molar-refractivity contribution >= 4 is 32.4 Å². The van der Waals surface area contributed by atoms with E-state index < -0.39 is 0 Å². The molecule has 0 bridgehead atoms. The van der Waals surface area contributed by atoms with Crippen LogP contribution >= 0.6 is 27.3 Å². The predicted octanol–water partition coefficient (Wildman–Crippen LogP) is 1.61. The van der Waals surface area contributed by atoms with Crippen LogP contribution in [0.15, 0.2) is 22.4 Å². The highest BCUT2D eigenvalue weighted by Gasteiger charge is 1.97. The van der Waals surface area contributed by atoms with Gasteiger partial charge in [0.15, 0.2) is 5.13 Å². The van der Waals surface area contributed by atoms with Gasteiger partial charge in [-0.2, -0.15) is 0 Å². The molecule has 1 N–H and O–H groups in total. The summed E-state index contributed by atoms with van der Waals surface area (Å²) in [5.74, 6) is 0. The van der Waals surface area contributed by atoms with Crippen LogP contribution in [0.3, 0.4) is 0 Å². The Hall–Kier alpha value is -0.950. The van der Waals surface area contributed by atoms with E-state index >= 15 is 0 Å². The molecule has 2 aromatic heterocycles. The molecule has 0 fully saturated rings. The molecule has 2 aromatic rings. The number of nitrogens with one attached hydrogen (secondary N) is 1. The van der Waals surface area contributed by atoms with E-state index in [-0.39, 0.29) is 0 Å². The van der Waals surface area contributed by atoms with Gasteiger partial charge in [0.05, 0.1) is 22.7 Å². The molecule has 0 aliphatic carbocycles. The molecule has 74 valence electrons. The van der Waals surface area contributed by atoms with E-state index in [0.29, 0.717) is 0 Å². The Morgan fingerprint density at radius 2 is 2.50 bits per heavy atom. The normalized spacial score (nSPS) is 10.4. The summed E-state index contributed by atoms with van der Waals surface area (Å²) < 4.78 is 2.80. The lowest BCUT2D eigenvalue weighted by atomic mass is 10.6. The maximum absolute atomic E-state index is 4.15. The van der Waals surface area contributed by atoms with E-state index in [1.54, 1.807) is 28.4 Å². The fourth-order valence-electron chi connectivity index (χ4n) is 0.966. The van der Waals surface area contributed by atoms with E-state index in [1.807, 2.05) is 6.20 Å². The zero-order chi connectivity index (χ0) is 9.80. The van der Waals surface area contributed by atoms with Crippen LogP contribution in [0.25, 0.3) is 0 Å². The average Bonchev–Trinajstić information content (AvgIpc) is 2.77. The Morgan fingerprint density at radius 3 is 3.14 bits per heavy atom. The van der Waals surface area contributed by atoms with E-state index in [0.717, 1.165) is 22.0 Å². The molecule has 2 rings (SSSR count). The van der Waals surface area contributed by atoms with Gasteiger partial charge in [-0.1, -0.05) is 16.6 Å². The lowest BCUT2D eigenvalue weighted by molar-refractivity contribution is 0.609. The van der Waals surface area contributed by atoms with Gasteiger partial charge in [-0.25, -0.2) is 4.98 Å². The van der Waals surface area contributed by atoms with Crippen LogP contribution in [0.4, 0.5) is 5.13 Å². The van der Waals surface area contributed by atoms with Crippen molar-refractivity contribution < 1.29 is 0 Å². The van der Waals surface area contributed by atoms with Crippen LogP contribution in [-0.2, 0) is 6.54 Å². The molecule has 2 heterocycles. The van der Waals surface area contributed by atoms with Gasteiger partial charge >= 0.3 is 0 Å². The molecule has 0 aliphatic rings. The van der Waals surface area contributed by atoms with Gasteiger partial charge in [0, 0.05) is 12.7 Å². The van der Waals surface area contributed by atoms with Crippen molar-refractivity contribution in [2.24, 2.45) is 0 Å². The number of rotatable bonds is 4. The Balaban J connectivity index is 1.78. The van der Waals surface area contributed by atoms with Crippen molar-refractivity contribution in [1.29, 1.82) is 0 Å². The van der Waals surface area contributed by atoms with Crippen LogP contribution in [0.1, 0.15) is 0 Å². The number of thiazole rings is 1. The summed E-state index contributed by atoms with van der Waals surface area (Å²) in [6.07, 6.45) is 5.28. The maximum atomic E-state index is 4.15. The van der Waals surface area contributed by atoms with Gasteiger partial charge < -0.3 is 5.32 Å². The molecular formula is C7H8BrN5S. The minimum absolute atomic E-state index is 0.789. The molecule has 0 amide bonds. The lowest BCUT2D eigenvalue weighted by Crippen LogP contribution is -2.10. The number of nitrogens with zero attached hydrogens (tertiary/aromatic N) is 4. The first kappa shape index (κ1) is 9.60. The molecule has 0 saturated heterocycles. The Kier molecular flexibility index (Phi) is 3.10. The third-order valence-electron chi connectivity index (χ3n) is 1.57. The summed E-state index contributed by atoms with van der Waals surface area (Å²) in [5.41, 5.74) is 0. The Morgan fingerprint density at radius 1 is 1.57 bits per heavy atom. The molecule has 0 aliphatic heterocycles. The quantitative estimate of drug-likeness (QED) is 0.920. The van der Waals surface area contributed by atoms with E-state index in [4.69, 9.17) is 0 Å². The molecule has 0 spiro atoms. The summed E-state index contributed by atoms with van der Waals surface area (Å²) in [4.78, 5) is 4.15. The van der Waals surface area contributed by atoms with Gasteiger partial charge in [-0.3, -0.25) is 4.68 Å². The minimum atomic E-state index is 0.789.